The molecule has 3 heteroatoms. The molecule has 2 nitrogen and oxygen atoms in total. The Labute approximate surface area is 134 Å². The Bertz CT molecular complexity index is 451. The van der Waals surface area contributed by atoms with Gasteiger partial charge < -0.3 is 0 Å². The molecule has 1 aromatic heterocycles. The lowest BCUT2D eigenvalue weighted by Gasteiger charge is -2.38. The highest BCUT2D eigenvalue weighted by atomic mass is 32.2. The van der Waals surface area contributed by atoms with Crippen molar-refractivity contribution >= 4 is 11.8 Å². The lowest BCUT2D eigenvalue weighted by molar-refractivity contribution is 0.130. The highest BCUT2D eigenvalue weighted by Crippen LogP contribution is 2.39. The second kappa shape index (κ2) is 7.15. The second-order valence-electron chi connectivity index (χ2n) is 7.51. The summed E-state index contributed by atoms with van der Waals surface area (Å²) in [6, 6.07) is 4.95. The Hall–Kier alpha value is -0.540. The summed E-state index contributed by atoms with van der Waals surface area (Å²) in [4.78, 5) is 7.37. The summed E-state index contributed by atoms with van der Waals surface area (Å²) in [5.41, 5.74) is 1.44. The van der Waals surface area contributed by atoms with Crippen LogP contribution >= 0.6 is 11.8 Å². The largest absolute Gasteiger partial charge is 0.296 e. The quantitative estimate of drug-likeness (QED) is 0.715. The molecule has 0 aromatic carbocycles. The van der Waals surface area contributed by atoms with Crippen LogP contribution in [0.25, 0.3) is 0 Å². The van der Waals surface area contributed by atoms with Crippen LogP contribution in [0.4, 0.5) is 0 Å². The maximum Gasteiger partial charge on any atom is 0.101 e. The zero-order valence-electron chi connectivity index (χ0n) is 14.2. The number of hydrogen-bond acceptors (Lipinski definition) is 3. The molecule has 0 saturated carbocycles. The smallest absolute Gasteiger partial charge is 0.101 e. The van der Waals surface area contributed by atoms with Crippen LogP contribution in [0.5, 0.6) is 0 Å². The lowest BCUT2D eigenvalue weighted by atomic mass is 9.95. The van der Waals surface area contributed by atoms with Gasteiger partial charge >= 0.3 is 0 Å². The summed E-state index contributed by atoms with van der Waals surface area (Å²) in [5.74, 6) is 0.723. The summed E-state index contributed by atoms with van der Waals surface area (Å²) in [5, 5.41) is 1.23. The third kappa shape index (κ3) is 5.00. The van der Waals surface area contributed by atoms with E-state index in [1.165, 1.54) is 42.9 Å². The maximum atomic E-state index is 4.69. The van der Waals surface area contributed by atoms with Gasteiger partial charge in [-0.25, -0.2) is 4.98 Å². The van der Waals surface area contributed by atoms with E-state index in [0.717, 1.165) is 5.92 Å². The molecule has 1 aliphatic heterocycles. The molecule has 1 fully saturated rings. The average molecular weight is 307 g/mol. The highest BCUT2D eigenvalue weighted by molar-refractivity contribution is 8.00. The molecule has 118 valence electrons. The molecule has 2 rings (SSSR count). The maximum absolute atomic E-state index is 4.69. The summed E-state index contributed by atoms with van der Waals surface area (Å²) >= 11 is 1.90. The van der Waals surface area contributed by atoms with E-state index in [9.17, 15) is 0 Å². The van der Waals surface area contributed by atoms with E-state index in [4.69, 9.17) is 0 Å². The summed E-state index contributed by atoms with van der Waals surface area (Å²) < 4.78 is 0.209. The highest BCUT2D eigenvalue weighted by Gasteiger charge is 2.28. The van der Waals surface area contributed by atoms with Crippen LogP contribution < -0.4 is 0 Å². The van der Waals surface area contributed by atoms with Crippen LogP contribution in [0.1, 0.15) is 65.5 Å². The van der Waals surface area contributed by atoms with Gasteiger partial charge in [-0.1, -0.05) is 47.1 Å². The number of piperidine rings is 1. The first-order chi connectivity index (χ1) is 9.87. The molecule has 0 aliphatic carbocycles. The minimum absolute atomic E-state index is 0.209. The molecule has 21 heavy (non-hydrogen) atoms. The monoisotopic (exact) mass is 306 g/mol. The molecule has 0 amide bonds. The van der Waals surface area contributed by atoms with Gasteiger partial charge in [-0.3, -0.25) is 4.90 Å². The number of aromatic nitrogens is 1. The molecule has 0 bridgehead atoms. The van der Waals surface area contributed by atoms with Gasteiger partial charge in [-0.05, 0) is 31.4 Å². The van der Waals surface area contributed by atoms with Crippen molar-refractivity contribution in [1.29, 1.82) is 0 Å². The second-order valence-corrected chi connectivity index (χ2v) is 9.33. The van der Waals surface area contributed by atoms with E-state index in [1.54, 1.807) is 0 Å². The van der Waals surface area contributed by atoms with Crippen molar-refractivity contribution in [2.24, 2.45) is 5.92 Å². The van der Waals surface area contributed by atoms with E-state index in [-0.39, 0.29) is 4.75 Å². The number of likely N-dealkylation sites (tertiary alicyclic amines) is 1. The van der Waals surface area contributed by atoms with Gasteiger partial charge in [0.1, 0.15) is 5.03 Å². The van der Waals surface area contributed by atoms with Crippen molar-refractivity contribution in [2.75, 3.05) is 13.1 Å². The molecule has 0 N–H and O–H groups in total. The van der Waals surface area contributed by atoms with Gasteiger partial charge in [0.2, 0.25) is 0 Å². The van der Waals surface area contributed by atoms with Crippen molar-refractivity contribution in [3.63, 3.8) is 0 Å². The van der Waals surface area contributed by atoms with Crippen LogP contribution in [-0.4, -0.2) is 27.7 Å². The minimum atomic E-state index is 0.209. The summed E-state index contributed by atoms with van der Waals surface area (Å²) in [6.45, 7) is 13.9. The normalized spacial score (nSPS) is 21.0. The molecule has 1 saturated heterocycles. The zero-order valence-corrected chi connectivity index (χ0v) is 15.0. The van der Waals surface area contributed by atoms with Gasteiger partial charge in [0.25, 0.3) is 0 Å². The summed E-state index contributed by atoms with van der Waals surface area (Å²) in [6.07, 6.45) is 5.89. The molecule has 0 spiro atoms. The Morgan fingerprint density at radius 2 is 2.10 bits per heavy atom. The molecule has 0 radical (unpaired) electrons. The predicted molar refractivity (Wildman–Crippen MR) is 92.9 cm³/mol. The first-order valence-corrected chi connectivity index (χ1v) is 9.06. The molecule has 0 unspecified atom stereocenters. The fourth-order valence-electron chi connectivity index (χ4n) is 3.06. The van der Waals surface area contributed by atoms with Crippen LogP contribution in [0, 0.1) is 5.92 Å². The van der Waals surface area contributed by atoms with Crippen LogP contribution in [0.2, 0.25) is 0 Å². The Morgan fingerprint density at radius 3 is 2.76 bits per heavy atom. The van der Waals surface area contributed by atoms with Gasteiger partial charge in [0.05, 0.1) is 0 Å². The van der Waals surface area contributed by atoms with Gasteiger partial charge in [0, 0.05) is 29.1 Å². The van der Waals surface area contributed by atoms with Gasteiger partial charge in [-0.2, -0.15) is 0 Å². The van der Waals surface area contributed by atoms with Crippen molar-refractivity contribution in [2.45, 2.75) is 69.7 Å². The molecule has 1 atom stereocenters. The zero-order chi connectivity index (χ0) is 15.5. The van der Waals surface area contributed by atoms with Crippen LogP contribution in [0.15, 0.2) is 23.4 Å². The fourth-order valence-corrected chi connectivity index (χ4v) is 4.08. The number of pyridine rings is 1. The van der Waals surface area contributed by atoms with Crippen molar-refractivity contribution in [3.8, 4) is 0 Å². The molecule has 1 aromatic rings. The Balaban J connectivity index is 2.25. The first-order valence-electron chi connectivity index (χ1n) is 8.25. The topological polar surface area (TPSA) is 16.1 Å². The van der Waals surface area contributed by atoms with Gasteiger partial charge in [0.15, 0.2) is 0 Å². The van der Waals surface area contributed by atoms with Crippen LogP contribution in [-0.2, 0) is 0 Å². The summed E-state index contributed by atoms with van der Waals surface area (Å²) in [7, 11) is 0. The predicted octanol–water partition coefficient (Wildman–Crippen LogP) is 5.16. The Kier molecular flexibility index (Phi) is 5.73. The van der Waals surface area contributed by atoms with Crippen molar-refractivity contribution < 1.29 is 0 Å². The van der Waals surface area contributed by atoms with E-state index in [0.29, 0.717) is 6.04 Å². The molecule has 2 heterocycles. The van der Waals surface area contributed by atoms with E-state index in [2.05, 4.69) is 56.6 Å². The fraction of sp³-hybridized carbons (Fsp3) is 0.722. The first kappa shape index (κ1) is 16.8. The standard InChI is InChI=1S/C18H30N2S/c1-14(2)13-20-12-7-6-10-16(20)15-9-8-11-19-17(15)21-18(3,4)5/h8-9,11,14,16H,6-7,10,12-13H2,1-5H3/t16-/m1/s1. The Morgan fingerprint density at radius 1 is 1.33 bits per heavy atom. The van der Waals surface area contributed by atoms with Crippen LogP contribution in [0.3, 0.4) is 0 Å². The van der Waals surface area contributed by atoms with E-state index in [1.807, 2.05) is 18.0 Å². The number of nitrogens with zero attached hydrogens (tertiary/aromatic N) is 2. The molecular weight excluding hydrogens is 276 g/mol. The molecular formula is C18H30N2S. The van der Waals surface area contributed by atoms with E-state index >= 15 is 0 Å². The third-order valence-corrected chi connectivity index (χ3v) is 4.92. The lowest BCUT2D eigenvalue weighted by Crippen LogP contribution is -2.36. The van der Waals surface area contributed by atoms with E-state index < -0.39 is 0 Å². The number of thioether (sulfide) groups is 1. The number of hydrogen-bond donors (Lipinski definition) is 0. The number of rotatable bonds is 4. The third-order valence-electron chi connectivity index (χ3n) is 3.78. The SMILES string of the molecule is CC(C)CN1CCCC[C@@H]1c1cccnc1SC(C)(C)C. The molecule has 1 aliphatic rings. The van der Waals surface area contributed by atoms with Gasteiger partial charge in [-0.15, -0.1) is 11.8 Å². The average Bonchev–Trinajstić information content (AvgIpc) is 2.38. The minimum Gasteiger partial charge on any atom is -0.296 e. The van der Waals surface area contributed by atoms with Crippen molar-refractivity contribution in [1.82, 2.24) is 9.88 Å². The van der Waals surface area contributed by atoms with Crippen molar-refractivity contribution in [3.05, 3.63) is 23.9 Å².